The van der Waals surface area contributed by atoms with Crippen molar-refractivity contribution in [2.45, 2.75) is 38.5 Å². The summed E-state index contributed by atoms with van der Waals surface area (Å²) in [5.41, 5.74) is 7.92. The smallest absolute Gasteiger partial charge is 0.241 e. The van der Waals surface area contributed by atoms with Crippen molar-refractivity contribution in [3.05, 3.63) is 16.6 Å². The zero-order valence-corrected chi connectivity index (χ0v) is 12.0. The van der Waals surface area contributed by atoms with Gasteiger partial charge >= 0.3 is 0 Å². The molecule has 0 aromatic carbocycles. The molecule has 1 saturated carbocycles. The van der Waals surface area contributed by atoms with E-state index in [-0.39, 0.29) is 23.3 Å². The van der Waals surface area contributed by atoms with Crippen molar-refractivity contribution in [2.24, 2.45) is 17.1 Å². The van der Waals surface area contributed by atoms with Crippen LogP contribution in [0.4, 0.5) is 0 Å². The lowest BCUT2D eigenvalue weighted by Gasteiger charge is -2.60. The molecule has 1 saturated heterocycles. The number of nitrogens with one attached hydrogen (secondary N) is 1. The van der Waals surface area contributed by atoms with E-state index in [1.807, 2.05) is 19.2 Å². The number of ether oxygens (including phenoxy) is 1. The zero-order chi connectivity index (χ0) is 13.7. The summed E-state index contributed by atoms with van der Waals surface area (Å²) in [4.78, 5) is 16.6. The first-order valence-electron chi connectivity index (χ1n) is 6.54. The number of carbonyl (C=O) groups is 1. The van der Waals surface area contributed by atoms with Crippen LogP contribution in [0.2, 0.25) is 0 Å². The topological polar surface area (TPSA) is 77.2 Å². The second-order valence-corrected chi connectivity index (χ2v) is 6.66. The van der Waals surface area contributed by atoms with Gasteiger partial charge in [-0.15, -0.1) is 11.3 Å². The zero-order valence-electron chi connectivity index (χ0n) is 11.2. The fourth-order valence-corrected chi connectivity index (χ4v) is 4.05. The predicted octanol–water partition coefficient (Wildman–Crippen LogP) is 0.902. The van der Waals surface area contributed by atoms with Gasteiger partial charge in [0.05, 0.1) is 23.9 Å². The molecule has 1 aliphatic carbocycles. The highest BCUT2D eigenvalue weighted by atomic mass is 32.1. The first kappa shape index (κ1) is 13.0. The van der Waals surface area contributed by atoms with Crippen molar-refractivity contribution in [1.29, 1.82) is 0 Å². The molecule has 0 bridgehead atoms. The average molecular weight is 281 g/mol. The molecule has 3 atom stereocenters. The Morgan fingerprint density at radius 1 is 1.68 bits per heavy atom. The monoisotopic (exact) mass is 281 g/mol. The molecule has 1 aromatic heterocycles. The first-order chi connectivity index (χ1) is 8.98. The van der Waals surface area contributed by atoms with Gasteiger partial charge in [0, 0.05) is 23.3 Å². The highest BCUT2D eigenvalue weighted by Gasteiger charge is 2.71. The van der Waals surface area contributed by atoms with E-state index in [0.29, 0.717) is 13.2 Å². The molecule has 1 aromatic rings. The fourth-order valence-electron chi connectivity index (χ4n) is 3.49. The molecule has 1 amide bonds. The molecule has 0 spiro atoms. The Labute approximate surface area is 116 Å². The lowest BCUT2D eigenvalue weighted by atomic mass is 9.48. The van der Waals surface area contributed by atoms with Gasteiger partial charge in [0.15, 0.2) is 0 Å². The molecule has 3 rings (SSSR count). The van der Waals surface area contributed by atoms with Crippen LogP contribution < -0.4 is 11.1 Å². The van der Waals surface area contributed by atoms with E-state index in [1.54, 1.807) is 5.51 Å². The van der Waals surface area contributed by atoms with Gasteiger partial charge in [-0.25, -0.2) is 4.98 Å². The second-order valence-electron chi connectivity index (χ2n) is 5.94. The van der Waals surface area contributed by atoms with Crippen LogP contribution >= 0.6 is 11.3 Å². The highest BCUT2D eigenvalue weighted by Crippen LogP contribution is 2.58. The van der Waals surface area contributed by atoms with Gasteiger partial charge in [-0.3, -0.25) is 4.79 Å². The number of aromatic nitrogens is 1. The molecule has 19 heavy (non-hydrogen) atoms. The van der Waals surface area contributed by atoms with Crippen molar-refractivity contribution in [2.75, 3.05) is 6.61 Å². The van der Waals surface area contributed by atoms with Crippen LogP contribution in [-0.2, 0) is 16.1 Å². The van der Waals surface area contributed by atoms with Gasteiger partial charge in [-0.05, 0) is 6.42 Å². The van der Waals surface area contributed by atoms with E-state index in [1.165, 1.54) is 11.3 Å². The van der Waals surface area contributed by atoms with Gasteiger partial charge in [0.25, 0.3) is 0 Å². The number of amides is 1. The van der Waals surface area contributed by atoms with Gasteiger partial charge in [0.1, 0.15) is 5.54 Å². The third-order valence-electron chi connectivity index (χ3n) is 4.74. The maximum atomic E-state index is 12.5. The average Bonchev–Trinajstić information content (AvgIpc) is 3.04. The van der Waals surface area contributed by atoms with Crippen molar-refractivity contribution in [3.63, 3.8) is 0 Å². The summed E-state index contributed by atoms with van der Waals surface area (Å²) in [6, 6.07) is 0. The molecular formula is C13H19N3O2S. The van der Waals surface area contributed by atoms with E-state index in [2.05, 4.69) is 10.3 Å². The molecule has 5 nitrogen and oxygen atoms in total. The predicted molar refractivity (Wildman–Crippen MR) is 72.5 cm³/mol. The minimum atomic E-state index is -0.829. The molecule has 3 N–H and O–H groups in total. The number of thiazole rings is 1. The van der Waals surface area contributed by atoms with Crippen molar-refractivity contribution in [1.82, 2.24) is 10.3 Å². The van der Waals surface area contributed by atoms with E-state index in [9.17, 15) is 4.79 Å². The van der Waals surface area contributed by atoms with E-state index in [4.69, 9.17) is 10.5 Å². The standard InChI is InChI=1S/C13H19N3O2S/c1-12(2)10-9(3-4-18-10)13(12,14)11(17)15-5-8-6-19-7-16-8/h6-7,9-10H,3-5,14H2,1-2H3,(H,15,17). The van der Waals surface area contributed by atoms with Crippen LogP contribution in [0.1, 0.15) is 26.0 Å². The van der Waals surface area contributed by atoms with Gasteiger partial charge in [-0.2, -0.15) is 0 Å². The lowest BCUT2D eigenvalue weighted by molar-refractivity contribution is -0.175. The van der Waals surface area contributed by atoms with Crippen molar-refractivity contribution in [3.8, 4) is 0 Å². The minimum absolute atomic E-state index is 0.0859. The SMILES string of the molecule is CC1(C)C2OCCC2C1(N)C(=O)NCc1cscn1. The number of carbonyl (C=O) groups excluding carboxylic acids is 1. The number of nitrogens with two attached hydrogens (primary N) is 1. The molecule has 0 radical (unpaired) electrons. The summed E-state index contributed by atoms with van der Waals surface area (Å²) in [7, 11) is 0. The largest absolute Gasteiger partial charge is 0.377 e. The first-order valence-corrected chi connectivity index (χ1v) is 7.48. The summed E-state index contributed by atoms with van der Waals surface area (Å²) in [6.07, 6.45) is 0.983. The quantitative estimate of drug-likeness (QED) is 0.863. The fraction of sp³-hybridized carbons (Fsp3) is 0.692. The normalized spacial score (nSPS) is 35.5. The molecule has 2 heterocycles. The number of hydrogen-bond donors (Lipinski definition) is 2. The van der Waals surface area contributed by atoms with Crippen LogP contribution in [-0.4, -0.2) is 29.1 Å². The summed E-state index contributed by atoms with van der Waals surface area (Å²) in [5, 5.41) is 4.85. The van der Waals surface area contributed by atoms with Crippen molar-refractivity contribution < 1.29 is 9.53 Å². The number of nitrogens with zero attached hydrogens (tertiary/aromatic N) is 1. The third-order valence-corrected chi connectivity index (χ3v) is 5.38. The van der Waals surface area contributed by atoms with E-state index >= 15 is 0 Å². The van der Waals surface area contributed by atoms with Crippen LogP contribution in [0, 0.1) is 11.3 Å². The molecule has 1 aliphatic heterocycles. The second kappa shape index (κ2) is 4.26. The minimum Gasteiger partial charge on any atom is -0.377 e. The Kier molecular flexibility index (Phi) is 2.92. The highest BCUT2D eigenvalue weighted by molar-refractivity contribution is 7.07. The summed E-state index contributed by atoms with van der Waals surface area (Å²) in [6.45, 7) is 5.18. The number of rotatable bonds is 3. The van der Waals surface area contributed by atoms with Gasteiger partial charge in [-0.1, -0.05) is 13.8 Å². The van der Waals surface area contributed by atoms with Gasteiger partial charge in [0.2, 0.25) is 5.91 Å². The molecule has 2 fully saturated rings. The summed E-state index contributed by atoms with van der Waals surface area (Å²) < 4.78 is 5.69. The summed E-state index contributed by atoms with van der Waals surface area (Å²) >= 11 is 1.52. The maximum Gasteiger partial charge on any atom is 0.241 e. The Morgan fingerprint density at radius 3 is 3.16 bits per heavy atom. The molecule has 6 heteroatoms. The van der Waals surface area contributed by atoms with E-state index < -0.39 is 5.54 Å². The summed E-state index contributed by atoms with van der Waals surface area (Å²) in [5.74, 6) is 0.0511. The Morgan fingerprint density at radius 2 is 2.47 bits per heavy atom. The molecule has 3 unspecified atom stereocenters. The van der Waals surface area contributed by atoms with Crippen molar-refractivity contribution >= 4 is 17.2 Å². The Bertz CT molecular complexity index is 488. The molecular weight excluding hydrogens is 262 g/mol. The number of hydrogen-bond acceptors (Lipinski definition) is 5. The Balaban J connectivity index is 1.72. The van der Waals surface area contributed by atoms with Crippen LogP contribution in [0.15, 0.2) is 10.9 Å². The maximum absolute atomic E-state index is 12.5. The number of fused-ring (bicyclic) bond motifs is 1. The van der Waals surface area contributed by atoms with Crippen LogP contribution in [0.25, 0.3) is 0 Å². The van der Waals surface area contributed by atoms with E-state index in [0.717, 1.165) is 12.1 Å². The Hall–Kier alpha value is -0.980. The van der Waals surface area contributed by atoms with Crippen LogP contribution in [0.3, 0.4) is 0 Å². The molecule has 104 valence electrons. The van der Waals surface area contributed by atoms with Gasteiger partial charge < -0.3 is 15.8 Å². The lowest BCUT2D eigenvalue weighted by Crippen LogP contribution is -2.80. The van der Waals surface area contributed by atoms with Crippen LogP contribution in [0.5, 0.6) is 0 Å². The molecule has 2 aliphatic rings. The third kappa shape index (κ3) is 1.67.